The first kappa shape index (κ1) is 6.66. The van der Waals surface area contributed by atoms with Gasteiger partial charge in [0.1, 0.15) is 0 Å². The van der Waals surface area contributed by atoms with E-state index in [-0.39, 0.29) is 0 Å². The molecule has 2 rings (SSSR count). The molecular weight excluding hydrogens is 122 g/mol. The molecule has 1 heteroatoms. The third-order valence-corrected chi connectivity index (χ3v) is 3.72. The first-order chi connectivity index (χ1) is 4.83. The van der Waals surface area contributed by atoms with Crippen LogP contribution in [0.4, 0.5) is 0 Å². The van der Waals surface area contributed by atoms with Gasteiger partial charge in [-0.2, -0.15) is 0 Å². The molecule has 0 aromatic rings. The summed E-state index contributed by atoms with van der Waals surface area (Å²) in [6.07, 6.45) is 5.87. The fourth-order valence-corrected chi connectivity index (χ4v) is 2.51. The van der Waals surface area contributed by atoms with Crippen LogP contribution in [-0.4, -0.2) is 13.1 Å². The molecule has 1 N–H and O–H groups in total. The van der Waals surface area contributed by atoms with Crippen molar-refractivity contribution < 1.29 is 0 Å². The third kappa shape index (κ3) is 0.800. The fourth-order valence-electron chi connectivity index (χ4n) is 2.51. The third-order valence-electron chi connectivity index (χ3n) is 3.72. The molecule has 2 fully saturated rings. The number of nitrogens with one attached hydrogen (secondary N) is 1. The molecule has 0 amide bonds. The predicted molar refractivity (Wildman–Crippen MR) is 42.9 cm³/mol. The Hall–Kier alpha value is -0.0400. The van der Waals surface area contributed by atoms with E-state index in [9.17, 15) is 0 Å². The van der Waals surface area contributed by atoms with Crippen LogP contribution in [-0.2, 0) is 0 Å². The molecule has 0 bridgehead atoms. The normalized spacial score (nSPS) is 37.5. The van der Waals surface area contributed by atoms with Crippen LogP contribution in [0.25, 0.3) is 0 Å². The van der Waals surface area contributed by atoms with E-state index in [4.69, 9.17) is 0 Å². The highest BCUT2D eigenvalue weighted by Crippen LogP contribution is 2.52. The van der Waals surface area contributed by atoms with E-state index in [1.807, 2.05) is 0 Å². The standard InChI is InChI=1S/C9H17N/c1-8-2-3-9(8)4-6-10-7-5-9/h8,10H,2-7H2,1H3/t8-/m1/s1. The van der Waals surface area contributed by atoms with Crippen LogP contribution in [0.2, 0.25) is 0 Å². The molecule has 1 saturated carbocycles. The van der Waals surface area contributed by atoms with E-state index in [1.54, 1.807) is 0 Å². The second-order valence-corrected chi connectivity index (χ2v) is 4.05. The monoisotopic (exact) mass is 139 g/mol. The maximum absolute atomic E-state index is 3.43. The first-order valence-electron chi connectivity index (χ1n) is 4.54. The number of piperidine rings is 1. The zero-order valence-corrected chi connectivity index (χ0v) is 6.82. The van der Waals surface area contributed by atoms with Gasteiger partial charge in [-0.3, -0.25) is 0 Å². The van der Waals surface area contributed by atoms with Crippen molar-refractivity contribution in [2.45, 2.75) is 32.6 Å². The van der Waals surface area contributed by atoms with Gasteiger partial charge in [0, 0.05) is 0 Å². The summed E-state index contributed by atoms with van der Waals surface area (Å²) >= 11 is 0. The predicted octanol–water partition coefficient (Wildman–Crippen LogP) is 1.79. The SMILES string of the molecule is C[C@@H]1CCC12CCNCC2. The molecule has 1 saturated heterocycles. The minimum absolute atomic E-state index is 0.797. The minimum Gasteiger partial charge on any atom is -0.317 e. The van der Waals surface area contributed by atoms with Gasteiger partial charge in [0.25, 0.3) is 0 Å². The lowest BCUT2D eigenvalue weighted by Gasteiger charge is -2.51. The molecule has 0 radical (unpaired) electrons. The lowest BCUT2D eigenvalue weighted by atomic mass is 9.56. The van der Waals surface area contributed by atoms with Crippen molar-refractivity contribution in [1.82, 2.24) is 5.32 Å². The maximum atomic E-state index is 3.43. The highest BCUT2D eigenvalue weighted by atomic mass is 14.9. The molecule has 58 valence electrons. The fraction of sp³-hybridized carbons (Fsp3) is 1.00. The number of hydrogen-bond donors (Lipinski definition) is 1. The Morgan fingerprint density at radius 3 is 2.20 bits per heavy atom. The zero-order chi connectivity index (χ0) is 7.03. The van der Waals surface area contributed by atoms with Crippen LogP contribution in [0.5, 0.6) is 0 Å². The van der Waals surface area contributed by atoms with Crippen LogP contribution in [0.3, 0.4) is 0 Å². The minimum atomic E-state index is 0.797. The van der Waals surface area contributed by atoms with Crippen molar-refractivity contribution in [3.8, 4) is 0 Å². The van der Waals surface area contributed by atoms with Gasteiger partial charge in [-0.05, 0) is 50.1 Å². The van der Waals surface area contributed by atoms with E-state index < -0.39 is 0 Å². The van der Waals surface area contributed by atoms with Gasteiger partial charge in [-0.25, -0.2) is 0 Å². The summed E-state index contributed by atoms with van der Waals surface area (Å²) in [5.74, 6) is 1.02. The Labute approximate surface area is 63.2 Å². The molecule has 0 aromatic heterocycles. The van der Waals surface area contributed by atoms with E-state index >= 15 is 0 Å². The summed E-state index contributed by atoms with van der Waals surface area (Å²) < 4.78 is 0. The van der Waals surface area contributed by atoms with Crippen LogP contribution in [0.15, 0.2) is 0 Å². The van der Waals surface area contributed by atoms with Crippen molar-refractivity contribution in [3.63, 3.8) is 0 Å². The van der Waals surface area contributed by atoms with Gasteiger partial charge in [0.05, 0.1) is 0 Å². The molecule has 0 unspecified atom stereocenters. The van der Waals surface area contributed by atoms with Crippen molar-refractivity contribution in [3.05, 3.63) is 0 Å². The van der Waals surface area contributed by atoms with Crippen molar-refractivity contribution >= 4 is 0 Å². The smallest absolute Gasteiger partial charge is 0.00435 e. The Morgan fingerprint density at radius 1 is 1.20 bits per heavy atom. The van der Waals surface area contributed by atoms with Crippen LogP contribution < -0.4 is 5.32 Å². The van der Waals surface area contributed by atoms with Crippen LogP contribution >= 0.6 is 0 Å². The summed E-state index contributed by atoms with van der Waals surface area (Å²) in [5, 5.41) is 3.43. The Bertz CT molecular complexity index is 125. The highest BCUT2D eigenvalue weighted by molar-refractivity contribution is 4.95. The van der Waals surface area contributed by atoms with Crippen molar-refractivity contribution in [1.29, 1.82) is 0 Å². The summed E-state index contributed by atoms with van der Waals surface area (Å²) in [4.78, 5) is 0. The second kappa shape index (κ2) is 2.23. The molecule has 0 aromatic carbocycles. The quantitative estimate of drug-likeness (QED) is 0.539. The van der Waals surface area contributed by atoms with E-state index in [1.165, 1.54) is 38.8 Å². The molecule has 1 aliphatic heterocycles. The summed E-state index contributed by atoms with van der Waals surface area (Å²) in [6, 6.07) is 0. The number of rotatable bonds is 0. The largest absolute Gasteiger partial charge is 0.317 e. The zero-order valence-electron chi connectivity index (χ0n) is 6.82. The topological polar surface area (TPSA) is 12.0 Å². The summed E-state index contributed by atoms with van der Waals surface area (Å²) in [6.45, 7) is 4.96. The highest BCUT2D eigenvalue weighted by Gasteiger charge is 2.43. The van der Waals surface area contributed by atoms with E-state index in [0.29, 0.717) is 0 Å². The van der Waals surface area contributed by atoms with Crippen molar-refractivity contribution in [2.24, 2.45) is 11.3 Å². The second-order valence-electron chi connectivity index (χ2n) is 4.05. The van der Waals surface area contributed by atoms with Gasteiger partial charge >= 0.3 is 0 Å². The Kier molecular flexibility index (Phi) is 1.48. The maximum Gasteiger partial charge on any atom is -0.00435 e. The molecular formula is C9H17N. The van der Waals surface area contributed by atoms with E-state index in [0.717, 1.165) is 11.3 Å². The van der Waals surface area contributed by atoms with Gasteiger partial charge in [-0.1, -0.05) is 6.92 Å². The van der Waals surface area contributed by atoms with E-state index in [2.05, 4.69) is 12.2 Å². The molecule has 2 aliphatic rings. The summed E-state index contributed by atoms with van der Waals surface area (Å²) in [5.41, 5.74) is 0.797. The lowest BCUT2D eigenvalue weighted by molar-refractivity contribution is 0.0101. The van der Waals surface area contributed by atoms with Crippen molar-refractivity contribution in [2.75, 3.05) is 13.1 Å². The molecule has 1 aliphatic carbocycles. The van der Waals surface area contributed by atoms with Gasteiger partial charge in [0.2, 0.25) is 0 Å². The molecule has 10 heavy (non-hydrogen) atoms. The van der Waals surface area contributed by atoms with Gasteiger partial charge in [0.15, 0.2) is 0 Å². The average molecular weight is 139 g/mol. The molecule has 1 atom stereocenters. The van der Waals surface area contributed by atoms with Gasteiger partial charge in [-0.15, -0.1) is 0 Å². The average Bonchev–Trinajstić information content (AvgIpc) is 2.04. The molecule has 1 nitrogen and oxygen atoms in total. The lowest BCUT2D eigenvalue weighted by Crippen LogP contribution is -2.46. The Balaban J connectivity index is 1.99. The van der Waals surface area contributed by atoms with Crippen LogP contribution in [0, 0.1) is 11.3 Å². The first-order valence-corrected chi connectivity index (χ1v) is 4.54. The number of hydrogen-bond acceptors (Lipinski definition) is 1. The molecule has 1 heterocycles. The van der Waals surface area contributed by atoms with Crippen LogP contribution in [0.1, 0.15) is 32.6 Å². The van der Waals surface area contributed by atoms with Gasteiger partial charge < -0.3 is 5.32 Å². The molecule has 1 spiro atoms. The summed E-state index contributed by atoms with van der Waals surface area (Å²) in [7, 11) is 0. The Morgan fingerprint density at radius 2 is 1.90 bits per heavy atom.